The first-order valence-corrected chi connectivity index (χ1v) is 9.97. The molecule has 9 nitrogen and oxygen atoms in total. The van der Waals surface area contributed by atoms with Crippen LogP contribution in [0.2, 0.25) is 5.02 Å². The number of ether oxygens (including phenoxy) is 1. The lowest BCUT2D eigenvalue weighted by Gasteiger charge is -2.09. The molecule has 1 N–H and O–H groups in total. The van der Waals surface area contributed by atoms with Crippen molar-refractivity contribution < 1.29 is 27.7 Å². The highest BCUT2D eigenvalue weighted by Crippen LogP contribution is 2.25. The standard InChI is InChI=1S/C17H15ClN2O7S/c1-10-3-4-11(7-15(10)20(23)24)17(22)27-9-16(21)19-14-8-12(28(2,25)26)5-6-13(14)18/h3-8H,9H2,1-2H3,(H,19,21). The second kappa shape index (κ2) is 8.36. The van der Waals surface area contributed by atoms with E-state index < -0.39 is 33.2 Å². The van der Waals surface area contributed by atoms with Gasteiger partial charge in [-0.3, -0.25) is 14.9 Å². The van der Waals surface area contributed by atoms with E-state index in [1.807, 2.05) is 0 Å². The third-order valence-electron chi connectivity index (χ3n) is 3.62. The van der Waals surface area contributed by atoms with E-state index >= 15 is 0 Å². The molecule has 0 aromatic heterocycles. The number of nitro benzene ring substituents is 1. The number of aryl methyl sites for hydroxylation is 1. The minimum absolute atomic E-state index is 0.0385. The van der Waals surface area contributed by atoms with Crippen LogP contribution in [0.5, 0.6) is 0 Å². The van der Waals surface area contributed by atoms with E-state index in [-0.39, 0.29) is 26.9 Å². The summed E-state index contributed by atoms with van der Waals surface area (Å²) in [6.45, 7) is 0.828. The van der Waals surface area contributed by atoms with Crippen molar-refractivity contribution in [2.75, 3.05) is 18.2 Å². The second-order valence-electron chi connectivity index (χ2n) is 5.80. The summed E-state index contributed by atoms with van der Waals surface area (Å²) < 4.78 is 28.0. The Balaban J connectivity index is 2.06. The van der Waals surface area contributed by atoms with Gasteiger partial charge < -0.3 is 10.1 Å². The SMILES string of the molecule is Cc1ccc(C(=O)OCC(=O)Nc2cc(S(C)(=O)=O)ccc2Cl)cc1[N+](=O)[O-]. The third kappa shape index (κ3) is 5.27. The van der Waals surface area contributed by atoms with E-state index in [1.165, 1.54) is 37.3 Å². The first-order valence-electron chi connectivity index (χ1n) is 7.70. The van der Waals surface area contributed by atoms with Crippen LogP contribution < -0.4 is 5.32 Å². The number of amides is 1. The maximum Gasteiger partial charge on any atom is 0.338 e. The number of halogens is 1. The zero-order chi connectivity index (χ0) is 21.1. The van der Waals surface area contributed by atoms with Gasteiger partial charge in [-0.2, -0.15) is 0 Å². The molecule has 2 aromatic rings. The van der Waals surface area contributed by atoms with Crippen LogP contribution in [0.1, 0.15) is 15.9 Å². The molecule has 0 aliphatic heterocycles. The lowest BCUT2D eigenvalue weighted by Crippen LogP contribution is -2.21. The van der Waals surface area contributed by atoms with Gasteiger partial charge in [0.2, 0.25) is 0 Å². The summed E-state index contributed by atoms with van der Waals surface area (Å²) in [5.41, 5.74) is 0.0850. The fourth-order valence-corrected chi connectivity index (χ4v) is 2.98. The minimum atomic E-state index is -3.50. The molecule has 0 saturated heterocycles. The Morgan fingerprint density at radius 1 is 1.21 bits per heavy atom. The molecular weight excluding hydrogens is 412 g/mol. The number of anilines is 1. The highest BCUT2D eigenvalue weighted by molar-refractivity contribution is 7.90. The van der Waals surface area contributed by atoms with Crippen LogP contribution in [0.15, 0.2) is 41.3 Å². The summed E-state index contributed by atoms with van der Waals surface area (Å²) in [4.78, 5) is 34.3. The quantitative estimate of drug-likeness (QED) is 0.426. The average molecular weight is 427 g/mol. The summed E-state index contributed by atoms with van der Waals surface area (Å²) in [6, 6.07) is 7.58. The molecule has 2 rings (SSSR count). The van der Waals surface area contributed by atoms with Crippen molar-refractivity contribution >= 4 is 44.7 Å². The highest BCUT2D eigenvalue weighted by atomic mass is 35.5. The Morgan fingerprint density at radius 3 is 2.50 bits per heavy atom. The van der Waals surface area contributed by atoms with Crippen molar-refractivity contribution in [3.63, 3.8) is 0 Å². The number of rotatable bonds is 6. The van der Waals surface area contributed by atoms with Crippen molar-refractivity contribution in [1.82, 2.24) is 0 Å². The molecule has 0 aliphatic carbocycles. The summed E-state index contributed by atoms with van der Waals surface area (Å²) in [6.07, 6.45) is 1.00. The van der Waals surface area contributed by atoms with Gasteiger partial charge in [0.15, 0.2) is 16.4 Å². The minimum Gasteiger partial charge on any atom is -0.452 e. The first kappa shape index (κ1) is 21.3. The van der Waals surface area contributed by atoms with Crippen LogP contribution in [-0.2, 0) is 19.4 Å². The number of nitro groups is 1. The summed E-state index contributed by atoms with van der Waals surface area (Å²) in [7, 11) is -3.50. The summed E-state index contributed by atoms with van der Waals surface area (Å²) in [5.74, 6) is -1.68. The largest absolute Gasteiger partial charge is 0.452 e. The Hall–Kier alpha value is -2.98. The van der Waals surface area contributed by atoms with Gasteiger partial charge in [-0.1, -0.05) is 17.7 Å². The third-order valence-corrected chi connectivity index (χ3v) is 5.06. The number of nitrogens with one attached hydrogen (secondary N) is 1. The van der Waals surface area contributed by atoms with Gasteiger partial charge in [0.1, 0.15) is 0 Å². The normalized spacial score (nSPS) is 11.0. The van der Waals surface area contributed by atoms with Gasteiger partial charge in [0.05, 0.1) is 26.1 Å². The van der Waals surface area contributed by atoms with Crippen molar-refractivity contribution in [2.45, 2.75) is 11.8 Å². The van der Waals surface area contributed by atoms with Crippen molar-refractivity contribution in [3.05, 3.63) is 62.7 Å². The maximum atomic E-state index is 12.0. The molecule has 0 heterocycles. The zero-order valence-corrected chi connectivity index (χ0v) is 16.3. The Labute approximate surface area is 165 Å². The topological polar surface area (TPSA) is 133 Å². The van der Waals surface area contributed by atoms with Gasteiger partial charge in [0.25, 0.3) is 11.6 Å². The number of sulfone groups is 1. The second-order valence-corrected chi connectivity index (χ2v) is 8.22. The Kier molecular flexibility index (Phi) is 6.37. The van der Waals surface area contributed by atoms with Crippen LogP contribution in [-0.4, -0.2) is 38.1 Å². The highest BCUT2D eigenvalue weighted by Gasteiger charge is 2.18. The summed E-state index contributed by atoms with van der Waals surface area (Å²) >= 11 is 5.93. The van der Waals surface area contributed by atoms with Crippen LogP contribution in [0.4, 0.5) is 11.4 Å². The van der Waals surface area contributed by atoms with Gasteiger partial charge in [0, 0.05) is 17.9 Å². The van der Waals surface area contributed by atoms with Crippen molar-refractivity contribution in [2.24, 2.45) is 0 Å². The van der Waals surface area contributed by atoms with Crippen LogP contribution in [0.25, 0.3) is 0 Å². The van der Waals surface area contributed by atoms with Crippen LogP contribution >= 0.6 is 11.6 Å². The molecule has 0 bridgehead atoms. The summed E-state index contributed by atoms with van der Waals surface area (Å²) in [5, 5.41) is 13.4. The predicted octanol–water partition coefficient (Wildman–Crippen LogP) is 2.76. The maximum absolute atomic E-state index is 12.0. The van der Waals surface area contributed by atoms with Gasteiger partial charge in [-0.15, -0.1) is 0 Å². The van der Waals surface area contributed by atoms with E-state index in [1.54, 1.807) is 0 Å². The number of hydrogen-bond donors (Lipinski definition) is 1. The number of hydrogen-bond acceptors (Lipinski definition) is 7. The van der Waals surface area contributed by atoms with E-state index in [2.05, 4.69) is 5.32 Å². The fraction of sp³-hybridized carbons (Fsp3) is 0.176. The van der Waals surface area contributed by atoms with E-state index in [4.69, 9.17) is 16.3 Å². The molecule has 0 spiro atoms. The van der Waals surface area contributed by atoms with E-state index in [0.29, 0.717) is 5.56 Å². The molecule has 11 heteroatoms. The molecule has 0 saturated carbocycles. The molecule has 0 fully saturated rings. The lowest BCUT2D eigenvalue weighted by molar-refractivity contribution is -0.385. The van der Waals surface area contributed by atoms with Gasteiger partial charge in [-0.25, -0.2) is 13.2 Å². The van der Waals surface area contributed by atoms with Gasteiger partial charge >= 0.3 is 5.97 Å². The predicted molar refractivity (Wildman–Crippen MR) is 101 cm³/mol. The fourth-order valence-electron chi connectivity index (χ4n) is 2.16. The van der Waals surface area contributed by atoms with E-state index in [9.17, 15) is 28.1 Å². The van der Waals surface area contributed by atoms with Gasteiger partial charge in [-0.05, 0) is 31.2 Å². The molecule has 2 aromatic carbocycles. The van der Waals surface area contributed by atoms with Crippen LogP contribution in [0.3, 0.4) is 0 Å². The Bertz CT molecular complexity index is 1070. The molecule has 0 aliphatic rings. The van der Waals surface area contributed by atoms with Crippen molar-refractivity contribution in [1.29, 1.82) is 0 Å². The van der Waals surface area contributed by atoms with E-state index in [0.717, 1.165) is 12.3 Å². The molecule has 0 atom stereocenters. The molecule has 1 amide bonds. The number of carbonyl (C=O) groups is 2. The molecule has 0 unspecified atom stereocenters. The molecule has 28 heavy (non-hydrogen) atoms. The monoisotopic (exact) mass is 426 g/mol. The number of benzene rings is 2. The molecule has 0 radical (unpaired) electrons. The molecular formula is C17H15ClN2O7S. The Morgan fingerprint density at radius 2 is 1.89 bits per heavy atom. The molecule has 148 valence electrons. The lowest BCUT2D eigenvalue weighted by atomic mass is 10.1. The van der Waals surface area contributed by atoms with Crippen molar-refractivity contribution in [3.8, 4) is 0 Å². The first-order chi connectivity index (χ1) is 13.0. The average Bonchev–Trinajstić information content (AvgIpc) is 2.60. The number of esters is 1. The number of nitrogens with zero attached hydrogens (tertiary/aromatic N) is 1. The zero-order valence-electron chi connectivity index (χ0n) is 14.8. The number of carbonyl (C=O) groups excluding carboxylic acids is 2. The van der Waals surface area contributed by atoms with Crippen LogP contribution in [0, 0.1) is 17.0 Å². The smallest absolute Gasteiger partial charge is 0.338 e.